The van der Waals surface area contributed by atoms with E-state index in [2.05, 4.69) is 64.7 Å². The summed E-state index contributed by atoms with van der Waals surface area (Å²) in [5, 5.41) is 6.75. The van der Waals surface area contributed by atoms with Crippen LogP contribution in [-0.2, 0) is 17.8 Å². The summed E-state index contributed by atoms with van der Waals surface area (Å²) in [4.78, 5) is 6.77. The van der Waals surface area contributed by atoms with Gasteiger partial charge in [0.25, 0.3) is 0 Å². The number of ether oxygens (including phenoxy) is 2. The molecule has 2 aromatic rings. The first-order valence-corrected chi connectivity index (χ1v) is 10.7. The number of halogens is 1. The fraction of sp³-hybridized carbons (Fsp3) is 0.458. The number of nitrogens with one attached hydrogen (secondary N) is 2. The van der Waals surface area contributed by atoms with Crippen molar-refractivity contribution in [3.8, 4) is 5.75 Å². The number of aryl methyl sites for hydroxylation is 1. The Morgan fingerprint density at radius 3 is 2.58 bits per heavy atom. The van der Waals surface area contributed by atoms with Gasteiger partial charge in [0.15, 0.2) is 5.96 Å². The molecule has 31 heavy (non-hydrogen) atoms. The molecule has 0 aromatic heterocycles. The van der Waals surface area contributed by atoms with E-state index in [-0.39, 0.29) is 30.1 Å². The third-order valence-electron chi connectivity index (χ3n) is 5.16. The minimum atomic E-state index is 0. The Hall–Kier alpha value is -1.84. The third-order valence-corrected chi connectivity index (χ3v) is 5.16. The van der Waals surface area contributed by atoms with Gasteiger partial charge < -0.3 is 20.1 Å². The largest absolute Gasteiger partial charge is 0.489 e. The number of hydrogen-bond donors (Lipinski definition) is 2. The van der Waals surface area contributed by atoms with Crippen molar-refractivity contribution in [2.75, 3.05) is 39.9 Å². The zero-order valence-corrected chi connectivity index (χ0v) is 21.1. The maximum Gasteiger partial charge on any atom is 0.191 e. The molecular weight excluding hydrogens is 503 g/mol. The highest BCUT2D eigenvalue weighted by molar-refractivity contribution is 14.0. The summed E-state index contributed by atoms with van der Waals surface area (Å²) >= 11 is 0. The van der Waals surface area contributed by atoms with Gasteiger partial charge in [0.1, 0.15) is 11.9 Å². The van der Waals surface area contributed by atoms with E-state index >= 15 is 0 Å². The molecule has 1 atom stereocenters. The lowest BCUT2D eigenvalue weighted by Gasteiger charge is -2.26. The van der Waals surface area contributed by atoms with Gasteiger partial charge in [0.2, 0.25) is 0 Å². The van der Waals surface area contributed by atoms with Gasteiger partial charge in [-0.05, 0) is 36.6 Å². The van der Waals surface area contributed by atoms with Gasteiger partial charge in [-0.2, -0.15) is 0 Å². The average molecular weight is 538 g/mol. The molecule has 1 aliphatic heterocycles. The fourth-order valence-electron chi connectivity index (χ4n) is 3.45. The lowest BCUT2D eigenvalue weighted by molar-refractivity contribution is 0.0342. The van der Waals surface area contributed by atoms with E-state index in [1.54, 1.807) is 7.05 Å². The first-order valence-electron chi connectivity index (χ1n) is 10.7. The predicted octanol–water partition coefficient (Wildman–Crippen LogP) is 3.58. The second-order valence-electron chi connectivity index (χ2n) is 7.71. The van der Waals surface area contributed by atoms with E-state index in [0.717, 1.165) is 56.7 Å². The molecule has 1 heterocycles. The van der Waals surface area contributed by atoms with E-state index < -0.39 is 0 Å². The van der Waals surface area contributed by atoms with Gasteiger partial charge in [-0.3, -0.25) is 9.89 Å². The predicted molar refractivity (Wildman–Crippen MR) is 137 cm³/mol. The molecule has 0 spiro atoms. The summed E-state index contributed by atoms with van der Waals surface area (Å²) in [6.45, 7) is 10.1. The normalized spacial score (nSPS) is 15.6. The molecule has 0 saturated carbocycles. The second kappa shape index (κ2) is 13.5. The fourth-order valence-corrected chi connectivity index (χ4v) is 3.45. The summed E-state index contributed by atoms with van der Waals surface area (Å²) in [5.41, 5.74) is 3.72. The van der Waals surface area contributed by atoms with E-state index in [9.17, 15) is 0 Å². The molecule has 3 rings (SSSR count). The van der Waals surface area contributed by atoms with Crippen LogP contribution in [0.5, 0.6) is 5.75 Å². The molecule has 0 bridgehead atoms. The van der Waals surface area contributed by atoms with E-state index in [4.69, 9.17) is 9.47 Å². The van der Waals surface area contributed by atoms with Gasteiger partial charge in [0, 0.05) is 33.2 Å². The molecular formula is C24H35IN4O2. The van der Waals surface area contributed by atoms with Crippen LogP contribution in [0, 0.1) is 6.92 Å². The van der Waals surface area contributed by atoms with E-state index in [1.807, 2.05) is 18.2 Å². The van der Waals surface area contributed by atoms with Gasteiger partial charge in [-0.1, -0.05) is 42.5 Å². The number of nitrogens with zero attached hydrogens (tertiary/aromatic N) is 2. The summed E-state index contributed by atoms with van der Waals surface area (Å²) in [6, 6.07) is 16.8. The minimum Gasteiger partial charge on any atom is -0.489 e. The highest BCUT2D eigenvalue weighted by Crippen LogP contribution is 2.17. The minimum absolute atomic E-state index is 0. The Morgan fingerprint density at radius 2 is 1.84 bits per heavy atom. The number of aliphatic imine (C=N–C) groups is 1. The van der Waals surface area contributed by atoms with Crippen molar-refractivity contribution in [3.63, 3.8) is 0 Å². The van der Waals surface area contributed by atoms with Crippen molar-refractivity contribution in [2.45, 2.75) is 33.0 Å². The van der Waals surface area contributed by atoms with Gasteiger partial charge in [-0.15, -0.1) is 24.0 Å². The SMILES string of the molecule is CN=C(NCc1cccc(CN2CCOCC2)c1)NCC(C)Oc1ccccc1C.I. The monoisotopic (exact) mass is 538 g/mol. The Balaban J connectivity index is 0.00000341. The summed E-state index contributed by atoms with van der Waals surface area (Å²) in [6.07, 6.45) is 0.0292. The van der Waals surface area contributed by atoms with Crippen LogP contribution in [0.4, 0.5) is 0 Å². The van der Waals surface area contributed by atoms with Crippen LogP contribution in [0.2, 0.25) is 0 Å². The number of guanidine groups is 1. The molecule has 1 aliphatic rings. The van der Waals surface area contributed by atoms with Crippen LogP contribution in [0.3, 0.4) is 0 Å². The lowest BCUT2D eigenvalue weighted by atomic mass is 10.1. The van der Waals surface area contributed by atoms with E-state index in [1.165, 1.54) is 11.1 Å². The first-order chi connectivity index (χ1) is 14.6. The van der Waals surface area contributed by atoms with Crippen LogP contribution < -0.4 is 15.4 Å². The Bertz CT molecular complexity index is 825. The van der Waals surface area contributed by atoms with Crippen LogP contribution in [0.25, 0.3) is 0 Å². The lowest BCUT2D eigenvalue weighted by Crippen LogP contribution is -2.41. The summed E-state index contributed by atoms with van der Waals surface area (Å²) in [7, 11) is 1.79. The second-order valence-corrected chi connectivity index (χ2v) is 7.71. The third kappa shape index (κ3) is 8.66. The Labute approximate surface area is 203 Å². The number of hydrogen-bond acceptors (Lipinski definition) is 4. The number of morpholine rings is 1. The molecule has 2 N–H and O–H groups in total. The summed E-state index contributed by atoms with van der Waals surface area (Å²) < 4.78 is 11.5. The van der Waals surface area contributed by atoms with Gasteiger partial charge >= 0.3 is 0 Å². The van der Waals surface area contributed by atoms with Crippen LogP contribution in [0.15, 0.2) is 53.5 Å². The molecule has 0 amide bonds. The molecule has 2 aromatic carbocycles. The first kappa shape index (κ1) is 25.4. The highest BCUT2D eigenvalue weighted by atomic mass is 127. The van der Waals surface area contributed by atoms with Crippen LogP contribution in [0.1, 0.15) is 23.6 Å². The number of para-hydroxylation sites is 1. The number of rotatable bonds is 8. The van der Waals surface area contributed by atoms with Crippen molar-refractivity contribution in [2.24, 2.45) is 4.99 Å². The van der Waals surface area contributed by atoms with Crippen molar-refractivity contribution in [1.29, 1.82) is 0 Å². The van der Waals surface area contributed by atoms with Crippen molar-refractivity contribution in [1.82, 2.24) is 15.5 Å². The Kier molecular flexibility index (Phi) is 11.1. The number of benzene rings is 2. The molecule has 7 heteroatoms. The highest BCUT2D eigenvalue weighted by Gasteiger charge is 2.11. The van der Waals surface area contributed by atoms with Crippen LogP contribution in [-0.4, -0.2) is 56.9 Å². The summed E-state index contributed by atoms with van der Waals surface area (Å²) in [5.74, 6) is 1.70. The molecule has 1 unspecified atom stereocenters. The molecule has 1 fully saturated rings. The standard InChI is InChI=1S/C24H34N4O2.HI/c1-19-7-4-5-10-23(19)30-20(2)16-26-24(25-3)27-17-21-8-6-9-22(15-21)18-28-11-13-29-14-12-28;/h4-10,15,20H,11-14,16-18H2,1-3H3,(H2,25,26,27);1H. The quantitative estimate of drug-likeness (QED) is 0.306. The van der Waals surface area contributed by atoms with Crippen molar-refractivity contribution < 1.29 is 9.47 Å². The smallest absolute Gasteiger partial charge is 0.191 e. The van der Waals surface area contributed by atoms with E-state index in [0.29, 0.717) is 6.54 Å². The van der Waals surface area contributed by atoms with Gasteiger partial charge in [-0.25, -0.2) is 0 Å². The Morgan fingerprint density at radius 1 is 1.10 bits per heavy atom. The molecule has 6 nitrogen and oxygen atoms in total. The zero-order valence-electron chi connectivity index (χ0n) is 18.8. The maximum absolute atomic E-state index is 6.03. The topological polar surface area (TPSA) is 58.1 Å². The molecule has 0 radical (unpaired) electrons. The van der Waals surface area contributed by atoms with Crippen LogP contribution >= 0.6 is 24.0 Å². The average Bonchev–Trinajstić information content (AvgIpc) is 2.76. The van der Waals surface area contributed by atoms with Crippen molar-refractivity contribution >= 4 is 29.9 Å². The van der Waals surface area contributed by atoms with Crippen molar-refractivity contribution in [3.05, 3.63) is 65.2 Å². The molecule has 1 saturated heterocycles. The molecule has 0 aliphatic carbocycles. The van der Waals surface area contributed by atoms with Gasteiger partial charge in [0.05, 0.1) is 19.8 Å². The maximum atomic E-state index is 6.03. The molecule has 170 valence electrons. The zero-order chi connectivity index (χ0) is 21.2.